The molecule has 90 valence electrons. The Bertz CT molecular complexity index is 734. The summed E-state index contributed by atoms with van der Waals surface area (Å²) >= 11 is 0. The molecule has 0 unspecified atom stereocenters. The Hall–Kier alpha value is -2.30. The Morgan fingerprint density at radius 1 is 1.06 bits per heavy atom. The molecule has 0 spiro atoms. The third kappa shape index (κ3) is 1.73. The molecule has 0 bridgehead atoms. The SMILES string of the molecule is Cc1cn2nc(-c3ccc(F)c(F)c3)ccc2n1. The van der Waals surface area contributed by atoms with Gasteiger partial charge in [0, 0.05) is 5.56 Å². The lowest BCUT2D eigenvalue weighted by Gasteiger charge is -2.02. The van der Waals surface area contributed by atoms with Crippen LogP contribution in [0, 0.1) is 18.6 Å². The molecule has 3 nitrogen and oxygen atoms in total. The fraction of sp³-hybridized carbons (Fsp3) is 0.0769. The number of imidazole rings is 1. The summed E-state index contributed by atoms with van der Waals surface area (Å²) in [5.74, 6) is -1.74. The normalized spacial score (nSPS) is 11.1. The highest BCUT2D eigenvalue weighted by molar-refractivity contribution is 5.60. The smallest absolute Gasteiger partial charge is 0.159 e. The van der Waals surface area contributed by atoms with Crippen LogP contribution in [0.5, 0.6) is 0 Å². The van der Waals surface area contributed by atoms with E-state index in [1.54, 1.807) is 22.8 Å². The molecule has 2 aromatic heterocycles. The molecule has 0 fully saturated rings. The predicted octanol–water partition coefficient (Wildman–Crippen LogP) is 2.98. The molecule has 0 saturated carbocycles. The van der Waals surface area contributed by atoms with Crippen LogP contribution in [-0.4, -0.2) is 14.6 Å². The van der Waals surface area contributed by atoms with Crippen LogP contribution in [0.2, 0.25) is 0 Å². The summed E-state index contributed by atoms with van der Waals surface area (Å²) in [5, 5.41) is 4.30. The van der Waals surface area contributed by atoms with Crippen LogP contribution < -0.4 is 0 Å². The van der Waals surface area contributed by atoms with E-state index in [0.717, 1.165) is 23.5 Å². The molecule has 0 N–H and O–H groups in total. The molecule has 0 atom stereocenters. The number of hydrogen-bond donors (Lipinski definition) is 0. The van der Waals surface area contributed by atoms with Crippen LogP contribution in [0.25, 0.3) is 16.9 Å². The molecule has 0 aliphatic carbocycles. The lowest BCUT2D eigenvalue weighted by Crippen LogP contribution is -1.94. The quantitative estimate of drug-likeness (QED) is 0.659. The summed E-state index contributed by atoms with van der Waals surface area (Å²) in [4.78, 5) is 4.25. The Balaban J connectivity index is 2.15. The van der Waals surface area contributed by atoms with Gasteiger partial charge in [0.05, 0.1) is 17.6 Å². The van der Waals surface area contributed by atoms with Gasteiger partial charge in [0.2, 0.25) is 0 Å². The van der Waals surface area contributed by atoms with Crippen molar-refractivity contribution >= 4 is 5.65 Å². The van der Waals surface area contributed by atoms with Crippen molar-refractivity contribution < 1.29 is 8.78 Å². The summed E-state index contributed by atoms with van der Waals surface area (Å²) in [6.45, 7) is 1.87. The molecule has 0 amide bonds. The molecule has 3 aromatic rings. The zero-order valence-corrected chi connectivity index (χ0v) is 9.56. The topological polar surface area (TPSA) is 30.2 Å². The van der Waals surface area contributed by atoms with Crippen molar-refractivity contribution in [2.75, 3.05) is 0 Å². The van der Waals surface area contributed by atoms with Crippen LogP contribution in [0.1, 0.15) is 5.69 Å². The molecule has 0 radical (unpaired) electrons. The van der Waals surface area contributed by atoms with Gasteiger partial charge < -0.3 is 0 Å². The van der Waals surface area contributed by atoms with Gasteiger partial charge in [-0.3, -0.25) is 0 Å². The van der Waals surface area contributed by atoms with Crippen molar-refractivity contribution in [3.8, 4) is 11.3 Å². The monoisotopic (exact) mass is 245 g/mol. The lowest BCUT2D eigenvalue weighted by molar-refractivity contribution is 0.509. The number of aryl methyl sites for hydroxylation is 1. The van der Waals surface area contributed by atoms with Gasteiger partial charge in [0.15, 0.2) is 17.3 Å². The summed E-state index contributed by atoms with van der Waals surface area (Å²) < 4.78 is 27.6. The van der Waals surface area contributed by atoms with Crippen LogP contribution in [0.4, 0.5) is 8.78 Å². The summed E-state index contributed by atoms with van der Waals surface area (Å²) in [7, 11) is 0. The van der Waals surface area contributed by atoms with E-state index in [0.29, 0.717) is 11.3 Å². The van der Waals surface area contributed by atoms with Gasteiger partial charge in [-0.25, -0.2) is 18.3 Å². The maximum Gasteiger partial charge on any atom is 0.159 e. The highest BCUT2D eigenvalue weighted by Gasteiger charge is 2.07. The first-order valence-corrected chi connectivity index (χ1v) is 5.42. The first-order valence-electron chi connectivity index (χ1n) is 5.42. The zero-order valence-electron chi connectivity index (χ0n) is 9.56. The number of aromatic nitrogens is 3. The van der Waals surface area contributed by atoms with Crippen molar-refractivity contribution in [3.63, 3.8) is 0 Å². The summed E-state index contributed by atoms with van der Waals surface area (Å²) in [6.07, 6.45) is 1.78. The van der Waals surface area contributed by atoms with Gasteiger partial charge in [0.1, 0.15) is 0 Å². The average molecular weight is 245 g/mol. The summed E-state index contributed by atoms with van der Waals surface area (Å²) in [5.41, 5.74) is 2.67. The van der Waals surface area contributed by atoms with Crippen LogP contribution in [0.3, 0.4) is 0 Å². The Morgan fingerprint density at radius 3 is 2.67 bits per heavy atom. The van der Waals surface area contributed by atoms with Crippen molar-refractivity contribution in [1.29, 1.82) is 0 Å². The second-order valence-electron chi connectivity index (χ2n) is 4.03. The fourth-order valence-electron chi connectivity index (χ4n) is 1.81. The van der Waals surface area contributed by atoms with Gasteiger partial charge in [0.25, 0.3) is 0 Å². The van der Waals surface area contributed by atoms with Crippen molar-refractivity contribution in [2.24, 2.45) is 0 Å². The Morgan fingerprint density at radius 2 is 1.89 bits per heavy atom. The van der Waals surface area contributed by atoms with Crippen LogP contribution in [0.15, 0.2) is 36.5 Å². The molecule has 3 rings (SSSR count). The van der Waals surface area contributed by atoms with Crippen molar-refractivity contribution in [2.45, 2.75) is 6.92 Å². The molecular weight excluding hydrogens is 236 g/mol. The third-order valence-electron chi connectivity index (χ3n) is 2.66. The highest BCUT2D eigenvalue weighted by atomic mass is 19.2. The molecular formula is C13H9F2N3. The van der Waals surface area contributed by atoms with E-state index in [4.69, 9.17) is 0 Å². The van der Waals surface area contributed by atoms with E-state index >= 15 is 0 Å². The number of nitrogens with zero attached hydrogens (tertiary/aromatic N) is 3. The number of halogens is 2. The minimum absolute atomic E-state index is 0.530. The minimum atomic E-state index is -0.879. The van der Waals surface area contributed by atoms with E-state index in [1.165, 1.54) is 6.07 Å². The predicted molar refractivity (Wildman–Crippen MR) is 63.1 cm³/mol. The average Bonchev–Trinajstić information content (AvgIpc) is 2.71. The van der Waals surface area contributed by atoms with Gasteiger partial charge >= 0.3 is 0 Å². The molecule has 5 heteroatoms. The second-order valence-corrected chi connectivity index (χ2v) is 4.03. The standard InChI is InChI=1S/C13H9F2N3/c1-8-7-18-13(16-8)5-4-12(17-18)9-2-3-10(14)11(15)6-9/h2-7H,1H3. The lowest BCUT2D eigenvalue weighted by atomic mass is 10.1. The largest absolute Gasteiger partial charge is 0.232 e. The number of benzene rings is 1. The molecule has 0 aliphatic heterocycles. The van der Waals surface area contributed by atoms with Crippen LogP contribution in [-0.2, 0) is 0 Å². The Kier molecular flexibility index (Phi) is 2.33. The van der Waals surface area contributed by atoms with Gasteiger partial charge in [-0.1, -0.05) is 0 Å². The molecule has 0 aliphatic rings. The van der Waals surface area contributed by atoms with E-state index in [2.05, 4.69) is 10.1 Å². The Labute approximate surface area is 102 Å². The summed E-state index contributed by atoms with van der Waals surface area (Å²) in [6, 6.07) is 7.24. The first kappa shape index (κ1) is 10.8. The molecule has 18 heavy (non-hydrogen) atoms. The highest BCUT2D eigenvalue weighted by Crippen LogP contribution is 2.19. The van der Waals surface area contributed by atoms with E-state index in [9.17, 15) is 8.78 Å². The van der Waals surface area contributed by atoms with Gasteiger partial charge in [-0.15, -0.1) is 0 Å². The van der Waals surface area contributed by atoms with Gasteiger partial charge in [-0.05, 0) is 37.3 Å². The van der Waals surface area contributed by atoms with Crippen LogP contribution >= 0.6 is 0 Å². The zero-order chi connectivity index (χ0) is 12.7. The third-order valence-corrected chi connectivity index (χ3v) is 2.66. The maximum atomic E-state index is 13.2. The fourth-order valence-corrected chi connectivity index (χ4v) is 1.81. The van der Waals surface area contributed by atoms with E-state index in [-0.39, 0.29) is 0 Å². The number of hydrogen-bond acceptors (Lipinski definition) is 2. The molecule has 1 aromatic carbocycles. The van der Waals surface area contributed by atoms with Gasteiger partial charge in [-0.2, -0.15) is 5.10 Å². The minimum Gasteiger partial charge on any atom is -0.232 e. The van der Waals surface area contributed by atoms with Crippen molar-refractivity contribution in [1.82, 2.24) is 14.6 Å². The first-order chi connectivity index (χ1) is 8.63. The van der Waals surface area contributed by atoms with Crippen molar-refractivity contribution in [3.05, 3.63) is 53.9 Å². The van der Waals surface area contributed by atoms with E-state index < -0.39 is 11.6 Å². The molecule has 2 heterocycles. The second kappa shape index (κ2) is 3.87. The number of fused-ring (bicyclic) bond motifs is 1. The van der Waals surface area contributed by atoms with E-state index in [1.807, 2.05) is 6.92 Å². The number of rotatable bonds is 1. The molecule has 0 saturated heterocycles. The maximum absolute atomic E-state index is 13.2.